The minimum atomic E-state index is -3.75. The summed E-state index contributed by atoms with van der Waals surface area (Å²) in [5.41, 5.74) is 3.68. The smallest absolute Gasteiger partial charge is 0.240 e. The molecule has 1 unspecified atom stereocenters. The molecule has 2 aliphatic heterocycles. The van der Waals surface area contributed by atoms with E-state index in [1.54, 1.807) is 62.4 Å². The molecule has 4 aromatic rings. The molecule has 83 heavy (non-hydrogen) atoms. The summed E-state index contributed by atoms with van der Waals surface area (Å²) in [6.45, 7) is 11.0. The summed E-state index contributed by atoms with van der Waals surface area (Å²) < 4.78 is 104. The van der Waals surface area contributed by atoms with Crippen LogP contribution in [-0.4, -0.2) is 182 Å². The minimum absolute atomic E-state index is 0.0977. The Kier molecular flexibility index (Phi) is 25.0. The van der Waals surface area contributed by atoms with Crippen LogP contribution in [0.2, 0.25) is 0 Å². The standard InChI is InChI=1S/C61H86N6O14S2/c1-61(2,59(68)62-25-33-74-37-41-78-43-39-76-35-27-64-82(70,71)51-21-17-49(18-22-51)80-57-53-15-7-5-13-47(53)45-55(57)66-29-9-3-10-30-66)60(69)63-26-34-75-38-42-79-44-40-77-36-28-65-83(72,73)52-23-19-50(20-24-52)81-58-54-16-8-6-14-48(54)46-56(58)67-31-11-4-12-32-67/h5-8,13-24,55-58,64-65H,3-4,9-12,25-46H2,1-2H3,(H,62,68)(H,63,69)/t55-,56?,57-,58-/m0/s1. The normalized spacial score (nSPS) is 19.5. The molecule has 0 bridgehead atoms. The molecule has 0 aromatic heterocycles. The predicted molar refractivity (Wildman–Crippen MR) is 313 cm³/mol. The summed E-state index contributed by atoms with van der Waals surface area (Å²) in [5.74, 6) is 0.380. The van der Waals surface area contributed by atoms with E-state index in [2.05, 4.69) is 66.3 Å². The minimum Gasteiger partial charge on any atom is -0.484 e. The van der Waals surface area contributed by atoms with Gasteiger partial charge in [-0.2, -0.15) is 0 Å². The zero-order chi connectivity index (χ0) is 58.3. The predicted octanol–water partition coefficient (Wildman–Crippen LogP) is 5.36. The van der Waals surface area contributed by atoms with Gasteiger partial charge in [0.25, 0.3) is 0 Å². The first-order valence-corrected chi connectivity index (χ1v) is 32.5. The quantitative estimate of drug-likeness (QED) is 0.0332. The lowest BCUT2D eigenvalue weighted by atomic mass is 9.91. The second-order valence-corrected chi connectivity index (χ2v) is 25.3. The first-order chi connectivity index (χ1) is 40.3. The number of likely N-dealkylation sites (tertiary alicyclic amines) is 2. The lowest BCUT2D eigenvalue weighted by Gasteiger charge is -2.35. The summed E-state index contributed by atoms with van der Waals surface area (Å²) in [4.78, 5) is 31.0. The highest BCUT2D eigenvalue weighted by Crippen LogP contribution is 2.41. The zero-order valence-corrected chi connectivity index (χ0v) is 49.9. The molecule has 8 rings (SSSR count). The fraction of sp³-hybridized carbons (Fsp3) is 0.574. The third-order valence-electron chi connectivity index (χ3n) is 15.6. The molecule has 2 saturated heterocycles. The Morgan fingerprint density at radius 3 is 1.13 bits per heavy atom. The van der Waals surface area contributed by atoms with Crippen molar-refractivity contribution in [2.24, 2.45) is 5.41 Å². The maximum absolute atomic E-state index is 13.0. The lowest BCUT2D eigenvalue weighted by Crippen LogP contribution is -2.49. The fourth-order valence-electron chi connectivity index (χ4n) is 11.0. The molecule has 4 atom stereocenters. The average molecular weight is 1190 g/mol. The molecule has 2 heterocycles. The molecule has 20 nitrogen and oxygen atoms in total. The van der Waals surface area contributed by atoms with Gasteiger partial charge in [0.15, 0.2) is 0 Å². The average Bonchev–Trinajstić information content (AvgIpc) is 3.98. The van der Waals surface area contributed by atoms with Crippen LogP contribution >= 0.6 is 0 Å². The molecule has 4 aliphatic rings. The van der Waals surface area contributed by atoms with Crippen molar-refractivity contribution in [1.82, 2.24) is 29.9 Å². The molecule has 0 saturated carbocycles. The maximum Gasteiger partial charge on any atom is 0.240 e. The summed E-state index contributed by atoms with van der Waals surface area (Å²) >= 11 is 0. The van der Waals surface area contributed by atoms with E-state index in [9.17, 15) is 26.4 Å². The van der Waals surface area contributed by atoms with Crippen molar-refractivity contribution in [3.63, 3.8) is 0 Å². The number of carbonyl (C=O) groups is 2. The first kappa shape index (κ1) is 63.9. The van der Waals surface area contributed by atoms with Crippen LogP contribution < -0.4 is 29.6 Å². The van der Waals surface area contributed by atoms with Gasteiger partial charge < -0.3 is 48.5 Å². The Labute approximate surface area is 491 Å². The molecule has 456 valence electrons. The van der Waals surface area contributed by atoms with Crippen molar-refractivity contribution < 1.29 is 64.3 Å². The highest BCUT2D eigenvalue weighted by atomic mass is 32.2. The number of piperidine rings is 2. The van der Waals surface area contributed by atoms with Gasteiger partial charge >= 0.3 is 0 Å². The Balaban J connectivity index is 0.577. The molecule has 2 fully saturated rings. The van der Waals surface area contributed by atoms with Gasteiger partial charge in [0.05, 0.1) is 101 Å². The van der Waals surface area contributed by atoms with Crippen LogP contribution in [0.1, 0.15) is 86.8 Å². The van der Waals surface area contributed by atoms with Gasteiger partial charge in [-0.3, -0.25) is 19.4 Å². The van der Waals surface area contributed by atoms with Crippen LogP contribution in [0.3, 0.4) is 0 Å². The molecule has 0 radical (unpaired) electrons. The van der Waals surface area contributed by atoms with Crippen molar-refractivity contribution in [1.29, 1.82) is 0 Å². The van der Waals surface area contributed by atoms with E-state index < -0.39 is 37.3 Å². The van der Waals surface area contributed by atoms with Crippen LogP contribution in [0.4, 0.5) is 0 Å². The van der Waals surface area contributed by atoms with Crippen LogP contribution in [0, 0.1) is 5.41 Å². The largest absolute Gasteiger partial charge is 0.484 e. The molecular weight excluding hydrogens is 1100 g/mol. The number of benzene rings is 4. The van der Waals surface area contributed by atoms with Gasteiger partial charge in [-0.25, -0.2) is 26.3 Å². The molecule has 4 N–H and O–H groups in total. The van der Waals surface area contributed by atoms with Crippen LogP contribution in [0.25, 0.3) is 0 Å². The highest BCUT2D eigenvalue weighted by molar-refractivity contribution is 7.89. The number of nitrogens with one attached hydrogen (secondary N) is 4. The topological polar surface area (TPSA) is 231 Å². The molecule has 0 spiro atoms. The van der Waals surface area contributed by atoms with E-state index in [4.69, 9.17) is 37.9 Å². The Morgan fingerprint density at radius 2 is 0.771 bits per heavy atom. The second kappa shape index (κ2) is 32.4. The van der Waals surface area contributed by atoms with Crippen molar-refractivity contribution >= 4 is 31.9 Å². The van der Waals surface area contributed by atoms with Crippen LogP contribution in [0.15, 0.2) is 107 Å². The van der Waals surface area contributed by atoms with Gasteiger partial charge in [0.2, 0.25) is 31.9 Å². The molecular formula is C61H86N6O14S2. The van der Waals surface area contributed by atoms with Gasteiger partial charge in [0.1, 0.15) is 29.1 Å². The van der Waals surface area contributed by atoms with Gasteiger partial charge in [0, 0.05) is 26.2 Å². The number of ether oxygens (including phenoxy) is 8. The summed E-state index contributed by atoms with van der Waals surface area (Å²) in [7, 11) is -7.50. The monoisotopic (exact) mass is 1190 g/mol. The number of nitrogens with zero attached hydrogens (tertiary/aromatic N) is 2. The van der Waals surface area contributed by atoms with Crippen LogP contribution in [0.5, 0.6) is 11.5 Å². The number of hydrogen-bond donors (Lipinski definition) is 4. The second-order valence-electron chi connectivity index (χ2n) is 21.8. The fourth-order valence-corrected chi connectivity index (χ4v) is 13.0. The highest BCUT2D eigenvalue weighted by Gasteiger charge is 2.40. The summed E-state index contributed by atoms with van der Waals surface area (Å²) in [5, 5.41) is 5.46. The molecule has 22 heteroatoms. The molecule has 2 amide bonds. The van der Waals surface area contributed by atoms with Crippen molar-refractivity contribution in [3.05, 3.63) is 119 Å². The van der Waals surface area contributed by atoms with Gasteiger partial charge in [-0.1, -0.05) is 61.4 Å². The number of fused-ring (bicyclic) bond motifs is 2. The first-order valence-electron chi connectivity index (χ1n) is 29.5. The summed E-state index contributed by atoms with van der Waals surface area (Å²) in [6, 6.07) is 30.5. The third kappa shape index (κ3) is 19.0. The van der Waals surface area contributed by atoms with Crippen LogP contribution in [-0.2, 0) is 70.9 Å². The number of hydrogen-bond acceptors (Lipinski definition) is 16. The molecule has 2 aliphatic carbocycles. The van der Waals surface area contributed by atoms with Gasteiger partial charge in [-0.15, -0.1) is 0 Å². The maximum atomic E-state index is 13.0. The number of sulfonamides is 2. The number of amides is 2. The van der Waals surface area contributed by atoms with E-state index in [1.165, 1.54) is 60.8 Å². The zero-order valence-electron chi connectivity index (χ0n) is 48.3. The molecule has 4 aromatic carbocycles. The van der Waals surface area contributed by atoms with Gasteiger partial charge in [-0.05, 0) is 149 Å². The van der Waals surface area contributed by atoms with Crippen molar-refractivity contribution in [2.45, 2.75) is 99.3 Å². The van der Waals surface area contributed by atoms with Crippen molar-refractivity contribution in [3.8, 4) is 11.5 Å². The summed E-state index contributed by atoms with van der Waals surface area (Å²) in [6.07, 6.45) is 8.97. The van der Waals surface area contributed by atoms with Crippen molar-refractivity contribution in [2.75, 3.05) is 132 Å². The van der Waals surface area contributed by atoms with E-state index in [-0.39, 0.29) is 113 Å². The SMILES string of the molecule is CC(C)(C(=O)NCCOCCOCCOCCNS(=O)(=O)c1ccc(O[C@H]2c3ccccc3CC2N2CCCCC2)cc1)C(=O)NCCOCCOCCOCCNS(=O)(=O)c1ccc(O[C@H]2c3ccccc3C[C@@H]2N2CCCCC2)cc1. The Bertz CT molecular complexity index is 2660. The van der Waals surface area contributed by atoms with E-state index in [1.807, 2.05) is 12.1 Å². The Morgan fingerprint density at radius 1 is 0.446 bits per heavy atom. The number of rotatable bonds is 36. The Hall–Kier alpha value is -5.08. The van der Waals surface area contributed by atoms with E-state index >= 15 is 0 Å². The van der Waals surface area contributed by atoms with E-state index in [0.29, 0.717) is 37.9 Å². The number of carbonyl (C=O) groups excluding carboxylic acids is 2. The van der Waals surface area contributed by atoms with E-state index in [0.717, 1.165) is 39.0 Å². The lowest BCUT2D eigenvalue weighted by molar-refractivity contribution is -0.141. The third-order valence-corrected chi connectivity index (χ3v) is 18.5.